The second-order valence-electron chi connectivity index (χ2n) is 5.07. The molecule has 0 aliphatic carbocycles. The second-order valence-corrected chi connectivity index (χ2v) is 7.24. The molecule has 3 heterocycles. The highest BCUT2D eigenvalue weighted by Gasteiger charge is 2.21. The Morgan fingerprint density at radius 2 is 2.33 bits per heavy atom. The number of thioether (sulfide) groups is 1. The molecule has 24 heavy (non-hydrogen) atoms. The van der Waals surface area contributed by atoms with Crippen molar-refractivity contribution >= 4 is 34.1 Å². The maximum absolute atomic E-state index is 12.3. The molecule has 0 aliphatic heterocycles. The van der Waals surface area contributed by atoms with E-state index in [1.165, 1.54) is 23.1 Å². The lowest BCUT2D eigenvalue weighted by Gasteiger charge is -2.11. The number of furan rings is 1. The van der Waals surface area contributed by atoms with Crippen LogP contribution in [0.4, 0.5) is 5.13 Å². The van der Waals surface area contributed by atoms with Crippen molar-refractivity contribution in [3.8, 4) is 11.6 Å². The van der Waals surface area contributed by atoms with Crippen molar-refractivity contribution in [2.75, 3.05) is 5.32 Å². The number of nitrogens with zero attached hydrogens (tertiary/aromatic N) is 4. The lowest BCUT2D eigenvalue weighted by molar-refractivity contribution is -0.115. The van der Waals surface area contributed by atoms with Crippen LogP contribution in [0.3, 0.4) is 0 Å². The number of anilines is 1. The SMILES string of the molecule is CCn1c(S[C@H](C)C(=O)Nc2nc(C)cs2)nnc1-c1ccco1. The van der Waals surface area contributed by atoms with Gasteiger partial charge in [-0.25, -0.2) is 4.98 Å². The molecule has 0 bridgehead atoms. The topological polar surface area (TPSA) is 85.8 Å². The minimum Gasteiger partial charge on any atom is -0.461 e. The highest BCUT2D eigenvalue weighted by atomic mass is 32.2. The zero-order chi connectivity index (χ0) is 17.1. The molecule has 1 atom stereocenters. The van der Waals surface area contributed by atoms with Crippen LogP contribution in [0.2, 0.25) is 0 Å². The molecule has 1 amide bonds. The molecule has 0 spiro atoms. The first kappa shape index (κ1) is 16.7. The zero-order valence-electron chi connectivity index (χ0n) is 13.5. The third kappa shape index (κ3) is 3.51. The van der Waals surface area contributed by atoms with Crippen molar-refractivity contribution in [3.63, 3.8) is 0 Å². The number of amides is 1. The first-order valence-electron chi connectivity index (χ1n) is 7.45. The average molecular weight is 363 g/mol. The number of hydrogen-bond acceptors (Lipinski definition) is 7. The van der Waals surface area contributed by atoms with Gasteiger partial charge in [0.1, 0.15) is 0 Å². The van der Waals surface area contributed by atoms with E-state index in [-0.39, 0.29) is 11.2 Å². The van der Waals surface area contributed by atoms with Crippen LogP contribution in [0.15, 0.2) is 33.3 Å². The van der Waals surface area contributed by atoms with E-state index in [1.54, 1.807) is 6.26 Å². The maximum Gasteiger partial charge on any atom is 0.239 e. The molecule has 0 unspecified atom stereocenters. The van der Waals surface area contributed by atoms with E-state index < -0.39 is 0 Å². The lowest BCUT2D eigenvalue weighted by atomic mass is 10.4. The molecule has 0 aromatic carbocycles. The Morgan fingerprint density at radius 1 is 1.50 bits per heavy atom. The Labute approximate surface area is 147 Å². The molecule has 0 saturated heterocycles. The van der Waals surface area contributed by atoms with Gasteiger partial charge in [-0.3, -0.25) is 9.36 Å². The minimum atomic E-state index is -0.326. The fraction of sp³-hybridized carbons (Fsp3) is 0.333. The normalized spacial score (nSPS) is 12.3. The van der Waals surface area contributed by atoms with E-state index in [2.05, 4.69) is 20.5 Å². The van der Waals surface area contributed by atoms with Crippen LogP contribution in [-0.2, 0) is 11.3 Å². The summed E-state index contributed by atoms with van der Waals surface area (Å²) in [5, 5.41) is 14.1. The van der Waals surface area contributed by atoms with Crippen molar-refractivity contribution in [1.82, 2.24) is 19.7 Å². The predicted octanol–water partition coefficient (Wildman–Crippen LogP) is 3.44. The Morgan fingerprint density at radius 3 is 2.96 bits per heavy atom. The summed E-state index contributed by atoms with van der Waals surface area (Å²) in [6, 6.07) is 3.65. The number of aryl methyl sites for hydroxylation is 1. The fourth-order valence-electron chi connectivity index (χ4n) is 2.08. The summed E-state index contributed by atoms with van der Waals surface area (Å²) in [6.07, 6.45) is 1.60. The molecule has 0 fully saturated rings. The summed E-state index contributed by atoms with van der Waals surface area (Å²) in [6.45, 7) is 6.42. The number of rotatable bonds is 6. The number of carbonyl (C=O) groups excluding carboxylic acids is 1. The predicted molar refractivity (Wildman–Crippen MR) is 94.2 cm³/mol. The van der Waals surface area contributed by atoms with Crippen LogP contribution >= 0.6 is 23.1 Å². The van der Waals surface area contributed by atoms with Gasteiger partial charge in [-0.05, 0) is 32.9 Å². The standard InChI is InChI=1S/C15H17N5O2S2/c1-4-20-12(11-6-5-7-22-11)18-19-15(20)24-10(3)13(21)17-14-16-9(2)8-23-14/h5-8,10H,4H2,1-3H3,(H,16,17,21)/t10-/m1/s1. The van der Waals surface area contributed by atoms with Gasteiger partial charge in [-0.15, -0.1) is 21.5 Å². The summed E-state index contributed by atoms with van der Waals surface area (Å²) in [5.41, 5.74) is 0.893. The quantitative estimate of drug-likeness (QED) is 0.675. The van der Waals surface area contributed by atoms with Crippen molar-refractivity contribution in [2.45, 2.75) is 37.7 Å². The Bertz CT molecular complexity index is 825. The third-order valence-electron chi connectivity index (χ3n) is 3.28. The average Bonchev–Trinajstić information content (AvgIpc) is 3.27. The van der Waals surface area contributed by atoms with Crippen molar-refractivity contribution in [1.29, 1.82) is 0 Å². The van der Waals surface area contributed by atoms with Crippen LogP contribution in [0.5, 0.6) is 0 Å². The van der Waals surface area contributed by atoms with Gasteiger partial charge in [-0.2, -0.15) is 0 Å². The third-order valence-corrected chi connectivity index (χ3v) is 5.23. The molecule has 9 heteroatoms. The van der Waals surface area contributed by atoms with Gasteiger partial charge < -0.3 is 9.73 Å². The number of nitrogens with one attached hydrogen (secondary N) is 1. The molecular formula is C15H17N5O2S2. The van der Waals surface area contributed by atoms with E-state index in [9.17, 15) is 4.79 Å². The van der Waals surface area contributed by atoms with Gasteiger partial charge in [0, 0.05) is 11.9 Å². The number of thiazole rings is 1. The molecule has 126 valence electrons. The number of hydrogen-bond donors (Lipinski definition) is 1. The van der Waals surface area contributed by atoms with Crippen molar-refractivity contribution in [3.05, 3.63) is 29.5 Å². The van der Waals surface area contributed by atoms with E-state index in [4.69, 9.17) is 4.42 Å². The lowest BCUT2D eigenvalue weighted by Crippen LogP contribution is -2.22. The van der Waals surface area contributed by atoms with Gasteiger partial charge in [0.05, 0.1) is 17.2 Å². The molecular weight excluding hydrogens is 346 g/mol. The number of carbonyl (C=O) groups is 1. The van der Waals surface area contributed by atoms with Crippen LogP contribution in [0, 0.1) is 6.92 Å². The Balaban J connectivity index is 1.72. The van der Waals surface area contributed by atoms with Gasteiger partial charge >= 0.3 is 0 Å². The van der Waals surface area contributed by atoms with E-state index in [1.807, 2.05) is 42.9 Å². The minimum absolute atomic E-state index is 0.112. The van der Waals surface area contributed by atoms with Gasteiger partial charge in [-0.1, -0.05) is 11.8 Å². The highest BCUT2D eigenvalue weighted by molar-refractivity contribution is 8.00. The largest absolute Gasteiger partial charge is 0.461 e. The van der Waals surface area contributed by atoms with E-state index in [0.29, 0.717) is 28.4 Å². The molecule has 3 aromatic heterocycles. The van der Waals surface area contributed by atoms with Crippen LogP contribution in [-0.4, -0.2) is 30.9 Å². The molecule has 0 saturated carbocycles. The van der Waals surface area contributed by atoms with Crippen LogP contribution in [0.25, 0.3) is 11.6 Å². The molecule has 7 nitrogen and oxygen atoms in total. The van der Waals surface area contributed by atoms with Gasteiger partial charge in [0.25, 0.3) is 0 Å². The second kappa shape index (κ2) is 7.18. The maximum atomic E-state index is 12.3. The summed E-state index contributed by atoms with van der Waals surface area (Å²) in [5.74, 6) is 1.21. The summed E-state index contributed by atoms with van der Waals surface area (Å²) in [7, 11) is 0. The highest BCUT2D eigenvalue weighted by Crippen LogP contribution is 2.27. The molecule has 0 radical (unpaired) electrons. The molecule has 0 aliphatic rings. The summed E-state index contributed by atoms with van der Waals surface area (Å²) < 4.78 is 7.32. The Kier molecular flexibility index (Phi) is 5.00. The molecule has 3 aromatic rings. The first-order chi connectivity index (χ1) is 11.6. The van der Waals surface area contributed by atoms with E-state index >= 15 is 0 Å². The monoisotopic (exact) mass is 363 g/mol. The summed E-state index contributed by atoms with van der Waals surface area (Å²) in [4.78, 5) is 16.6. The van der Waals surface area contributed by atoms with Crippen molar-refractivity contribution in [2.24, 2.45) is 0 Å². The van der Waals surface area contributed by atoms with Gasteiger partial charge in [0.2, 0.25) is 5.91 Å². The first-order valence-corrected chi connectivity index (χ1v) is 9.21. The van der Waals surface area contributed by atoms with Gasteiger partial charge in [0.15, 0.2) is 21.9 Å². The summed E-state index contributed by atoms with van der Waals surface area (Å²) >= 11 is 2.77. The molecule has 3 rings (SSSR count). The van der Waals surface area contributed by atoms with Crippen LogP contribution in [0.1, 0.15) is 19.5 Å². The Hall–Kier alpha value is -2.13. The zero-order valence-corrected chi connectivity index (χ0v) is 15.1. The fourth-order valence-corrected chi connectivity index (χ4v) is 3.68. The van der Waals surface area contributed by atoms with E-state index in [0.717, 1.165) is 5.69 Å². The smallest absolute Gasteiger partial charge is 0.239 e. The van der Waals surface area contributed by atoms with Crippen molar-refractivity contribution < 1.29 is 9.21 Å². The number of aromatic nitrogens is 4. The van der Waals surface area contributed by atoms with Crippen LogP contribution < -0.4 is 5.32 Å². The molecule has 1 N–H and O–H groups in total.